The Kier molecular flexibility index (Phi) is 2.93. The minimum absolute atomic E-state index is 0.138. The molecule has 82 valence electrons. The van der Waals surface area contributed by atoms with Crippen molar-refractivity contribution in [2.75, 3.05) is 20.2 Å². The number of methoxy groups -OCH3 is 1. The second-order valence-corrected chi connectivity index (χ2v) is 4.16. The number of hydrogen-bond donors (Lipinski definition) is 1. The zero-order valence-electron chi connectivity index (χ0n) is 9.23. The Morgan fingerprint density at radius 2 is 2.20 bits per heavy atom. The van der Waals surface area contributed by atoms with E-state index in [0.717, 1.165) is 25.4 Å². The third-order valence-electron chi connectivity index (χ3n) is 2.77. The lowest BCUT2D eigenvalue weighted by molar-refractivity contribution is -0.00322. The number of benzene rings is 1. The summed E-state index contributed by atoms with van der Waals surface area (Å²) in [7, 11) is 1.69. The third kappa shape index (κ3) is 2.30. The smallest absolute Gasteiger partial charge is 0.123 e. The summed E-state index contributed by atoms with van der Waals surface area (Å²) in [6.45, 7) is 4.49. The monoisotopic (exact) mass is 207 g/mol. The maximum absolute atomic E-state index is 9.20. The van der Waals surface area contributed by atoms with Crippen molar-refractivity contribution in [3.8, 4) is 5.75 Å². The van der Waals surface area contributed by atoms with Crippen molar-refractivity contribution in [3.63, 3.8) is 0 Å². The van der Waals surface area contributed by atoms with Gasteiger partial charge in [0, 0.05) is 25.2 Å². The molecule has 0 saturated carbocycles. The molecular weight excluding hydrogens is 190 g/mol. The van der Waals surface area contributed by atoms with Crippen LogP contribution in [0.4, 0.5) is 0 Å². The van der Waals surface area contributed by atoms with Crippen molar-refractivity contribution >= 4 is 0 Å². The van der Waals surface area contributed by atoms with Crippen LogP contribution in [-0.4, -0.2) is 36.3 Å². The van der Waals surface area contributed by atoms with Gasteiger partial charge in [0.2, 0.25) is 0 Å². The average molecular weight is 207 g/mol. The van der Waals surface area contributed by atoms with Gasteiger partial charge >= 0.3 is 0 Å². The molecule has 3 heteroatoms. The minimum Gasteiger partial charge on any atom is -0.496 e. The Bertz CT molecular complexity index is 345. The second kappa shape index (κ2) is 4.21. The molecule has 1 heterocycles. The van der Waals surface area contributed by atoms with Crippen LogP contribution < -0.4 is 4.74 Å². The van der Waals surface area contributed by atoms with E-state index in [1.54, 1.807) is 7.11 Å². The molecule has 0 atom stereocenters. The fraction of sp³-hybridized carbons (Fsp3) is 0.500. The van der Waals surface area contributed by atoms with Crippen LogP contribution >= 0.6 is 0 Å². The minimum atomic E-state index is -0.138. The molecule has 0 aliphatic carbocycles. The van der Waals surface area contributed by atoms with E-state index in [-0.39, 0.29) is 6.10 Å². The van der Waals surface area contributed by atoms with Crippen molar-refractivity contribution in [2.24, 2.45) is 0 Å². The number of rotatable bonds is 3. The van der Waals surface area contributed by atoms with Gasteiger partial charge in [-0.3, -0.25) is 4.90 Å². The average Bonchev–Trinajstić information content (AvgIpc) is 2.16. The molecule has 1 aromatic carbocycles. The van der Waals surface area contributed by atoms with Crippen molar-refractivity contribution in [1.82, 2.24) is 4.90 Å². The molecule has 15 heavy (non-hydrogen) atoms. The van der Waals surface area contributed by atoms with E-state index in [1.165, 1.54) is 11.1 Å². The number of aliphatic hydroxyl groups is 1. The van der Waals surface area contributed by atoms with Crippen LogP contribution in [0, 0.1) is 6.92 Å². The quantitative estimate of drug-likeness (QED) is 0.808. The summed E-state index contributed by atoms with van der Waals surface area (Å²) in [5, 5.41) is 9.20. The van der Waals surface area contributed by atoms with Gasteiger partial charge in [-0.25, -0.2) is 0 Å². The summed E-state index contributed by atoms with van der Waals surface area (Å²) in [4.78, 5) is 2.21. The predicted octanol–water partition coefficient (Wildman–Crippen LogP) is 1.18. The molecule has 1 aromatic rings. The molecule has 0 amide bonds. The van der Waals surface area contributed by atoms with Gasteiger partial charge < -0.3 is 9.84 Å². The Balaban J connectivity index is 2.08. The summed E-state index contributed by atoms with van der Waals surface area (Å²) in [6, 6.07) is 6.19. The highest BCUT2D eigenvalue weighted by atomic mass is 16.5. The molecule has 1 fully saturated rings. The lowest BCUT2D eigenvalue weighted by Crippen LogP contribution is -2.49. The van der Waals surface area contributed by atoms with Crippen LogP contribution in [0.1, 0.15) is 11.1 Å². The summed E-state index contributed by atoms with van der Waals surface area (Å²) >= 11 is 0. The molecule has 0 unspecified atom stereocenters. The first-order valence-corrected chi connectivity index (χ1v) is 5.23. The summed E-state index contributed by atoms with van der Waals surface area (Å²) in [5.74, 6) is 0.932. The normalized spacial score (nSPS) is 17.5. The standard InChI is InChI=1S/C12H17NO2/c1-9-3-4-12(15-2)10(5-9)6-13-7-11(14)8-13/h3-5,11,14H,6-8H2,1-2H3. The van der Waals surface area contributed by atoms with Gasteiger partial charge in [0.1, 0.15) is 5.75 Å². The van der Waals surface area contributed by atoms with E-state index in [4.69, 9.17) is 4.74 Å². The van der Waals surface area contributed by atoms with Gasteiger partial charge in [0.05, 0.1) is 13.2 Å². The van der Waals surface area contributed by atoms with E-state index in [9.17, 15) is 5.11 Å². The largest absolute Gasteiger partial charge is 0.496 e. The second-order valence-electron chi connectivity index (χ2n) is 4.16. The molecular formula is C12H17NO2. The van der Waals surface area contributed by atoms with Crippen LogP contribution in [0.2, 0.25) is 0 Å². The summed E-state index contributed by atoms with van der Waals surface area (Å²) in [5.41, 5.74) is 2.44. The van der Waals surface area contributed by atoms with Gasteiger partial charge in [-0.05, 0) is 13.0 Å². The summed E-state index contributed by atoms with van der Waals surface area (Å²) in [6.07, 6.45) is -0.138. The van der Waals surface area contributed by atoms with E-state index < -0.39 is 0 Å². The van der Waals surface area contributed by atoms with E-state index in [0.29, 0.717) is 0 Å². The first-order chi connectivity index (χ1) is 7.19. The molecule has 3 nitrogen and oxygen atoms in total. The lowest BCUT2D eigenvalue weighted by Gasteiger charge is -2.36. The Hall–Kier alpha value is -1.06. The molecule has 0 spiro atoms. The van der Waals surface area contributed by atoms with Crippen LogP contribution in [0.15, 0.2) is 18.2 Å². The number of aryl methyl sites for hydroxylation is 1. The fourth-order valence-corrected chi connectivity index (χ4v) is 1.94. The van der Waals surface area contributed by atoms with Gasteiger partial charge in [-0.1, -0.05) is 17.7 Å². The number of hydrogen-bond acceptors (Lipinski definition) is 3. The van der Waals surface area contributed by atoms with Gasteiger partial charge in [0.15, 0.2) is 0 Å². The predicted molar refractivity (Wildman–Crippen MR) is 59.0 cm³/mol. The Labute approximate surface area is 90.3 Å². The van der Waals surface area contributed by atoms with Crippen LogP contribution in [-0.2, 0) is 6.54 Å². The highest BCUT2D eigenvalue weighted by Gasteiger charge is 2.24. The van der Waals surface area contributed by atoms with Crippen molar-refractivity contribution in [2.45, 2.75) is 19.6 Å². The lowest BCUT2D eigenvalue weighted by atomic mass is 10.1. The van der Waals surface area contributed by atoms with Crippen molar-refractivity contribution < 1.29 is 9.84 Å². The molecule has 1 aliphatic rings. The zero-order chi connectivity index (χ0) is 10.8. The number of likely N-dealkylation sites (tertiary alicyclic amines) is 1. The molecule has 1 aliphatic heterocycles. The Morgan fingerprint density at radius 1 is 1.47 bits per heavy atom. The van der Waals surface area contributed by atoms with Crippen molar-refractivity contribution in [1.29, 1.82) is 0 Å². The fourth-order valence-electron chi connectivity index (χ4n) is 1.94. The SMILES string of the molecule is COc1ccc(C)cc1CN1CC(O)C1. The highest BCUT2D eigenvalue weighted by Crippen LogP contribution is 2.23. The van der Waals surface area contributed by atoms with Gasteiger partial charge in [-0.15, -0.1) is 0 Å². The van der Waals surface area contributed by atoms with Gasteiger partial charge in [-0.2, -0.15) is 0 Å². The maximum atomic E-state index is 9.20. The molecule has 0 aromatic heterocycles. The topological polar surface area (TPSA) is 32.7 Å². The number of aliphatic hydroxyl groups excluding tert-OH is 1. The molecule has 2 rings (SSSR count). The van der Waals surface area contributed by atoms with Gasteiger partial charge in [0.25, 0.3) is 0 Å². The first kappa shape index (κ1) is 10.5. The zero-order valence-corrected chi connectivity index (χ0v) is 9.23. The number of β-amino-alcohol motifs (C(OH)–C–C–N with tert-alkyl or cyclic N) is 1. The number of ether oxygens (including phenoxy) is 1. The molecule has 0 radical (unpaired) electrons. The van der Waals surface area contributed by atoms with Crippen molar-refractivity contribution in [3.05, 3.63) is 29.3 Å². The van der Waals surface area contributed by atoms with E-state index >= 15 is 0 Å². The van der Waals surface area contributed by atoms with E-state index in [1.807, 2.05) is 12.1 Å². The van der Waals surface area contributed by atoms with Crippen LogP contribution in [0.3, 0.4) is 0 Å². The van der Waals surface area contributed by atoms with E-state index in [2.05, 4.69) is 17.9 Å². The Morgan fingerprint density at radius 3 is 2.80 bits per heavy atom. The maximum Gasteiger partial charge on any atom is 0.123 e. The summed E-state index contributed by atoms with van der Waals surface area (Å²) < 4.78 is 5.31. The molecule has 0 bridgehead atoms. The van der Waals surface area contributed by atoms with Crippen LogP contribution in [0.25, 0.3) is 0 Å². The third-order valence-corrected chi connectivity index (χ3v) is 2.77. The molecule has 1 N–H and O–H groups in total. The highest BCUT2D eigenvalue weighted by molar-refractivity contribution is 5.36. The number of nitrogens with zero attached hydrogens (tertiary/aromatic N) is 1. The van der Waals surface area contributed by atoms with Crippen LogP contribution in [0.5, 0.6) is 5.75 Å². The molecule has 1 saturated heterocycles. The first-order valence-electron chi connectivity index (χ1n) is 5.23.